The number of carbonyl (C=O) groups excluding carboxylic acids is 1. The molecule has 0 N–H and O–H groups in total. The van der Waals surface area contributed by atoms with Gasteiger partial charge in [-0.3, -0.25) is 4.79 Å². The number of aromatic nitrogens is 2. The van der Waals surface area contributed by atoms with Gasteiger partial charge in [0, 0.05) is 11.3 Å². The van der Waals surface area contributed by atoms with Crippen molar-refractivity contribution >= 4 is 5.78 Å². The number of hydrogen-bond donors (Lipinski definition) is 0. The molecule has 19 heavy (non-hydrogen) atoms. The average Bonchev–Trinajstić information content (AvgIpc) is 2.37. The molecule has 3 nitrogen and oxygen atoms in total. The highest BCUT2D eigenvalue weighted by Gasteiger charge is 2.06. The second-order valence-electron chi connectivity index (χ2n) is 4.74. The molecule has 0 amide bonds. The fourth-order valence-corrected chi connectivity index (χ4v) is 1.99. The van der Waals surface area contributed by atoms with E-state index in [0.29, 0.717) is 12.2 Å². The zero-order valence-corrected chi connectivity index (χ0v) is 11.6. The minimum atomic E-state index is 0.0814. The highest BCUT2D eigenvalue weighted by molar-refractivity contribution is 5.77. The van der Waals surface area contributed by atoms with Crippen molar-refractivity contribution in [2.45, 2.75) is 33.6 Å². The van der Waals surface area contributed by atoms with Gasteiger partial charge in [-0.1, -0.05) is 31.2 Å². The van der Waals surface area contributed by atoms with E-state index in [4.69, 9.17) is 0 Å². The molecule has 3 heteroatoms. The molecular formula is C16H18N2O. The van der Waals surface area contributed by atoms with Crippen LogP contribution >= 0.6 is 0 Å². The van der Waals surface area contributed by atoms with Crippen LogP contribution in [-0.4, -0.2) is 15.8 Å². The summed E-state index contributed by atoms with van der Waals surface area (Å²) in [6, 6.07) is 10.3. The maximum Gasteiger partial charge on any atom is 0.137 e. The molecule has 0 aliphatic rings. The minimum absolute atomic E-state index is 0.0814. The summed E-state index contributed by atoms with van der Waals surface area (Å²) in [7, 11) is 0. The summed E-state index contributed by atoms with van der Waals surface area (Å²) >= 11 is 0. The largest absolute Gasteiger partial charge is 0.300 e. The fraction of sp³-hybridized carbons (Fsp3) is 0.312. The van der Waals surface area contributed by atoms with Gasteiger partial charge in [0.15, 0.2) is 0 Å². The predicted molar refractivity (Wildman–Crippen MR) is 76.0 cm³/mol. The number of ketones is 1. The number of carbonyl (C=O) groups is 1. The van der Waals surface area contributed by atoms with Crippen LogP contribution in [0.2, 0.25) is 0 Å². The SMILES string of the molecule is CCc1ccc(-c2cc(C)nc(CC(C)=O)n2)cc1. The van der Waals surface area contributed by atoms with Crippen molar-refractivity contribution in [1.82, 2.24) is 9.97 Å². The molecule has 0 aliphatic heterocycles. The highest BCUT2D eigenvalue weighted by atomic mass is 16.1. The highest BCUT2D eigenvalue weighted by Crippen LogP contribution is 2.19. The van der Waals surface area contributed by atoms with Gasteiger partial charge < -0.3 is 0 Å². The zero-order valence-electron chi connectivity index (χ0n) is 11.6. The van der Waals surface area contributed by atoms with Crippen LogP contribution in [0.1, 0.15) is 30.9 Å². The molecule has 0 saturated carbocycles. The molecule has 0 bridgehead atoms. The lowest BCUT2D eigenvalue weighted by Crippen LogP contribution is -2.04. The van der Waals surface area contributed by atoms with Gasteiger partial charge in [0.05, 0.1) is 12.1 Å². The lowest BCUT2D eigenvalue weighted by atomic mass is 10.1. The topological polar surface area (TPSA) is 42.9 Å². The van der Waals surface area contributed by atoms with E-state index in [1.807, 2.05) is 13.0 Å². The van der Waals surface area contributed by atoms with E-state index < -0.39 is 0 Å². The smallest absolute Gasteiger partial charge is 0.137 e. The van der Waals surface area contributed by atoms with Gasteiger partial charge in [0.25, 0.3) is 0 Å². The maximum absolute atomic E-state index is 11.2. The molecular weight excluding hydrogens is 236 g/mol. The van der Waals surface area contributed by atoms with Crippen LogP contribution < -0.4 is 0 Å². The monoisotopic (exact) mass is 254 g/mol. The van der Waals surface area contributed by atoms with Gasteiger partial charge in [0.2, 0.25) is 0 Å². The van der Waals surface area contributed by atoms with E-state index in [1.54, 1.807) is 6.92 Å². The van der Waals surface area contributed by atoms with Crippen LogP contribution in [0.3, 0.4) is 0 Å². The molecule has 0 saturated heterocycles. The molecule has 98 valence electrons. The number of hydrogen-bond acceptors (Lipinski definition) is 3. The van der Waals surface area contributed by atoms with Crippen LogP contribution in [-0.2, 0) is 17.6 Å². The molecule has 0 spiro atoms. The summed E-state index contributed by atoms with van der Waals surface area (Å²) in [5.74, 6) is 0.681. The first kappa shape index (κ1) is 13.4. The van der Waals surface area contributed by atoms with Crippen molar-refractivity contribution in [2.75, 3.05) is 0 Å². The first-order valence-corrected chi connectivity index (χ1v) is 6.52. The van der Waals surface area contributed by atoms with E-state index in [9.17, 15) is 4.79 Å². The van der Waals surface area contributed by atoms with Gasteiger partial charge in [-0.05, 0) is 31.9 Å². The van der Waals surface area contributed by atoms with Crippen molar-refractivity contribution in [1.29, 1.82) is 0 Å². The number of nitrogens with zero attached hydrogens (tertiary/aromatic N) is 2. The molecule has 0 aliphatic carbocycles. The summed E-state index contributed by atoms with van der Waals surface area (Å²) in [4.78, 5) is 19.9. The predicted octanol–water partition coefficient (Wildman–Crippen LogP) is 3.15. The summed E-state index contributed by atoms with van der Waals surface area (Å²) in [5.41, 5.74) is 4.14. The third-order valence-corrected chi connectivity index (χ3v) is 2.97. The van der Waals surface area contributed by atoms with Crippen molar-refractivity contribution in [3.05, 3.63) is 47.4 Å². The molecule has 1 aromatic carbocycles. The average molecular weight is 254 g/mol. The first-order valence-electron chi connectivity index (χ1n) is 6.52. The van der Waals surface area contributed by atoms with Gasteiger partial charge in [0.1, 0.15) is 11.6 Å². The summed E-state index contributed by atoms with van der Waals surface area (Å²) < 4.78 is 0. The number of benzene rings is 1. The molecule has 0 fully saturated rings. The van der Waals surface area contributed by atoms with Crippen molar-refractivity contribution < 1.29 is 4.79 Å². The normalized spacial score (nSPS) is 10.5. The van der Waals surface area contributed by atoms with Crippen LogP contribution in [0.5, 0.6) is 0 Å². The Hall–Kier alpha value is -2.03. The van der Waals surface area contributed by atoms with E-state index >= 15 is 0 Å². The van der Waals surface area contributed by atoms with Gasteiger partial charge in [-0.2, -0.15) is 0 Å². The number of Topliss-reactive ketones (excluding diaryl/α,β-unsaturated/α-hetero) is 1. The Morgan fingerprint density at radius 2 is 1.84 bits per heavy atom. The Morgan fingerprint density at radius 1 is 1.16 bits per heavy atom. The van der Waals surface area contributed by atoms with Gasteiger partial charge in [-0.15, -0.1) is 0 Å². The second-order valence-corrected chi connectivity index (χ2v) is 4.74. The molecule has 0 radical (unpaired) electrons. The summed E-state index contributed by atoms with van der Waals surface area (Å²) in [6.45, 7) is 5.62. The third-order valence-electron chi connectivity index (χ3n) is 2.97. The minimum Gasteiger partial charge on any atom is -0.300 e. The van der Waals surface area contributed by atoms with E-state index in [2.05, 4.69) is 41.2 Å². The van der Waals surface area contributed by atoms with E-state index in [0.717, 1.165) is 23.4 Å². The van der Waals surface area contributed by atoms with Crippen molar-refractivity contribution in [2.24, 2.45) is 0 Å². The molecule has 1 heterocycles. The van der Waals surface area contributed by atoms with Gasteiger partial charge in [-0.25, -0.2) is 9.97 Å². The molecule has 2 rings (SSSR count). The zero-order chi connectivity index (χ0) is 13.8. The Labute approximate surface area is 113 Å². The quantitative estimate of drug-likeness (QED) is 0.841. The fourth-order valence-electron chi connectivity index (χ4n) is 1.99. The second kappa shape index (κ2) is 5.74. The third kappa shape index (κ3) is 3.47. The first-order chi connectivity index (χ1) is 9.08. The Bertz CT molecular complexity index is 588. The summed E-state index contributed by atoms with van der Waals surface area (Å²) in [5, 5.41) is 0. The van der Waals surface area contributed by atoms with Crippen molar-refractivity contribution in [3.63, 3.8) is 0 Å². The van der Waals surface area contributed by atoms with E-state index in [1.165, 1.54) is 5.56 Å². The van der Waals surface area contributed by atoms with Crippen LogP contribution in [0, 0.1) is 6.92 Å². The Balaban J connectivity index is 2.37. The molecule has 0 atom stereocenters. The number of rotatable bonds is 4. The standard InChI is InChI=1S/C16H18N2O/c1-4-13-5-7-14(8-6-13)15-9-11(2)17-16(18-15)10-12(3)19/h5-9H,4,10H2,1-3H3. The molecule has 2 aromatic rings. The lowest BCUT2D eigenvalue weighted by molar-refractivity contribution is -0.116. The number of aryl methyl sites for hydroxylation is 2. The lowest BCUT2D eigenvalue weighted by Gasteiger charge is -2.06. The molecule has 1 aromatic heterocycles. The van der Waals surface area contributed by atoms with Crippen LogP contribution in [0.25, 0.3) is 11.3 Å². The summed E-state index contributed by atoms with van der Waals surface area (Å²) in [6.07, 6.45) is 1.32. The Kier molecular flexibility index (Phi) is 4.05. The van der Waals surface area contributed by atoms with Crippen molar-refractivity contribution in [3.8, 4) is 11.3 Å². The van der Waals surface area contributed by atoms with Gasteiger partial charge >= 0.3 is 0 Å². The van der Waals surface area contributed by atoms with Crippen LogP contribution in [0.15, 0.2) is 30.3 Å². The van der Waals surface area contributed by atoms with Crippen LogP contribution in [0.4, 0.5) is 0 Å². The maximum atomic E-state index is 11.2. The van der Waals surface area contributed by atoms with E-state index in [-0.39, 0.29) is 5.78 Å². The Morgan fingerprint density at radius 3 is 2.42 bits per heavy atom. The molecule has 0 unspecified atom stereocenters.